The van der Waals surface area contributed by atoms with Gasteiger partial charge in [-0.15, -0.1) is 0 Å². The fourth-order valence-corrected chi connectivity index (χ4v) is 3.18. The molecule has 0 bridgehead atoms. The molecule has 2 atom stereocenters. The van der Waals surface area contributed by atoms with Gasteiger partial charge in [-0.2, -0.15) is 0 Å². The van der Waals surface area contributed by atoms with Gasteiger partial charge in [-0.05, 0) is 24.6 Å². The minimum absolute atomic E-state index is 0.0742. The van der Waals surface area contributed by atoms with Crippen LogP contribution >= 0.6 is 0 Å². The highest BCUT2D eigenvalue weighted by Crippen LogP contribution is 2.27. The Bertz CT molecular complexity index is 666. The molecule has 1 aliphatic rings. The monoisotopic (exact) mass is 324 g/mol. The molecule has 4 heteroatoms. The van der Waals surface area contributed by atoms with Gasteiger partial charge in [0, 0.05) is 24.9 Å². The highest BCUT2D eigenvalue weighted by molar-refractivity contribution is 5.83. The molecule has 0 aromatic heterocycles. The van der Waals surface area contributed by atoms with Gasteiger partial charge in [0.2, 0.25) is 0 Å². The summed E-state index contributed by atoms with van der Waals surface area (Å²) in [5.41, 5.74) is 2.01. The Morgan fingerprint density at radius 3 is 2.42 bits per heavy atom. The number of rotatable bonds is 5. The summed E-state index contributed by atoms with van der Waals surface area (Å²) in [4.78, 5) is 7.18. The molecule has 0 amide bonds. The van der Waals surface area contributed by atoms with E-state index in [4.69, 9.17) is 9.73 Å². The maximum Gasteiger partial charge on any atom is 0.124 e. The van der Waals surface area contributed by atoms with Gasteiger partial charge in [-0.1, -0.05) is 42.5 Å². The highest BCUT2D eigenvalue weighted by Gasteiger charge is 2.27. The van der Waals surface area contributed by atoms with Gasteiger partial charge in [0.25, 0.3) is 0 Å². The van der Waals surface area contributed by atoms with Crippen molar-refractivity contribution in [2.45, 2.75) is 19.0 Å². The molecule has 1 fully saturated rings. The lowest BCUT2D eigenvalue weighted by molar-refractivity contribution is 0.0119. The molecule has 2 aromatic carbocycles. The van der Waals surface area contributed by atoms with Crippen molar-refractivity contribution in [2.75, 3.05) is 26.3 Å². The van der Waals surface area contributed by atoms with Gasteiger partial charge in [0.1, 0.15) is 5.75 Å². The molecular formula is C20H24N2O2. The molecule has 1 aliphatic heterocycles. The molecule has 0 aliphatic carbocycles. The van der Waals surface area contributed by atoms with Crippen LogP contribution < -0.4 is 0 Å². The first-order valence-electron chi connectivity index (χ1n) is 8.43. The highest BCUT2D eigenvalue weighted by atomic mass is 16.5. The Labute approximate surface area is 143 Å². The molecule has 0 unspecified atom stereocenters. The number of phenolic OH excluding ortho intramolecular Hbond substituents is 1. The fraction of sp³-hybridized carbons (Fsp3) is 0.350. The zero-order chi connectivity index (χ0) is 16.8. The average Bonchev–Trinajstić information content (AvgIpc) is 2.63. The molecule has 1 saturated heterocycles. The Morgan fingerprint density at radius 1 is 1.04 bits per heavy atom. The number of nitrogens with zero attached hydrogens (tertiary/aromatic N) is 2. The molecular weight excluding hydrogens is 300 g/mol. The maximum absolute atomic E-state index is 9.91. The van der Waals surface area contributed by atoms with Crippen LogP contribution in [0.2, 0.25) is 0 Å². The number of morpholine rings is 1. The Hall–Kier alpha value is -2.17. The van der Waals surface area contributed by atoms with E-state index >= 15 is 0 Å². The van der Waals surface area contributed by atoms with E-state index in [9.17, 15) is 5.11 Å². The van der Waals surface area contributed by atoms with Gasteiger partial charge < -0.3 is 9.84 Å². The summed E-state index contributed by atoms with van der Waals surface area (Å²) in [5.74, 6) is 0.260. The second kappa shape index (κ2) is 8.08. The van der Waals surface area contributed by atoms with E-state index in [1.807, 2.05) is 24.3 Å². The SMILES string of the molecule is C[C@@H](N=Cc1ccccc1O)[C@H](c1ccccc1)N1CCOCC1. The van der Waals surface area contributed by atoms with E-state index in [0.717, 1.165) is 31.9 Å². The van der Waals surface area contributed by atoms with E-state index in [-0.39, 0.29) is 17.8 Å². The van der Waals surface area contributed by atoms with Gasteiger partial charge in [0.05, 0.1) is 25.3 Å². The first-order chi connectivity index (χ1) is 11.8. The maximum atomic E-state index is 9.91. The van der Waals surface area contributed by atoms with Gasteiger partial charge in [-0.3, -0.25) is 9.89 Å². The van der Waals surface area contributed by atoms with Crippen LogP contribution in [0, 0.1) is 0 Å². The number of phenols is 1. The number of ether oxygens (including phenoxy) is 1. The van der Waals surface area contributed by atoms with Crippen LogP contribution in [0.3, 0.4) is 0 Å². The molecule has 2 aromatic rings. The second-order valence-electron chi connectivity index (χ2n) is 6.08. The zero-order valence-corrected chi connectivity index (χ0v) is 14.0. The lowest BCUT2D eigenvalue weighted by atomic mass is 9.98. The fourth-order valence-electron chi connectivity index (χ4n) is 3.18. The van der Waals surface area contributed by atoms with Gasteiger partial charge in [0.15, 0.2) is 0 Å². The third-order valence-corrected chi connectivity index (χ3v) is 4.42. The summed E-state index contributed by atoms with van der Waals surface area (Å²) >= 11 is 0. The molecule has 126 valence electrons. The molecule has 0 radical (unpaired) electrons. The van der Waals surface area contributed by atoms with Crippen molar-refractivity contribution in [1.82, 2.24) is 4.90 Å². The van der Waals surface area contributed by atoms with Gasteiger partial charge in [-0.25, -0.2) is 0 Å². The number of benzene rings is 2. The Kier molecular flexibility index (Phi) is 5.62. The number of hydrogen-bond donors (Lipinski definition) is 1. The van der Waals surface area contributed by atoms with Crippen LogP contribution in [0.4, 0.5) is 0 Å². The Balaban J connectivity index is 1.83. The quantitative estimate of drug-likeness (QED) is 0.859. The van der Waals surface area contributed by atoms with E-state index < -0.39 is 0 Å². The van der Waals surface area contributed by atoms with Crippen molar-refractivity contribution >= 4 is 6.21 Å². The normalized spacial score (nSPS) is 18.5. The lowest BCUT2D eigenvalue weighted by Crippen LogP contribution is -2.42. The number of para-hydroxylation sites is 1. The minimum atomic E-state index is 0.0742. The number of aromatic hydroxyl groups is 1. The van der Waals surface area contributed by atoms with Crippen LogP contribution in [0.15, 0.2) is 59.6 Å². The largest absolute Gasteiger partial charge is 0.507 e. The standard InChI is InChI=1S/C20H24N2O2/c1-16(21-15-18-9-5-6-10-19(18)23)20(17-7-3-2-4-8-17)22-11-13-24-14-12-22/h2-10,15-16,20,23H,11-14H2,1H3/t16-,20-/m1/s1. The van der Waals surface area contributed by atoms with Crippen LogP contribution in [0.25, 0.3) is 0 Å². The van der Waals surface area contributed by atoms with Crippen molar-refractivity contribution in [2.24, 2.45) is 4.99 Å². The minimum Gasteiger partial charge on any atom is -0.507 e. The summed E-state index contributed by atoms with van der Waals surface area (Å²) in [6, 6.07) is 18.1. The zero-order valence-electron chi connectivity index (χ0n) is 14.0. The molecule has 0 saturated carbocycles. The van der Waals surface area contributed by atoms with Crippen molar-refractivity contribution in [3.05, 3.63) is 65.7 Å². The molecule has 1 heterocycles. The first kappa shape index (κ1) is 16.7. The van der Waals surface area contributed by atoms with Gasteiger partial charge >= 0.3 is 0 Å². The summed E-state index contributed by atoms with van der Waals surface area (Å²) in [6.07, 6.45) is 1.77. The molecule has 24 heavy (non-hydrogen) atoms. The van der Waals surface area contributed by atoms with Crippen LogP contribution in [-0.2, 0) is 4.74 Å². The van der Waals surface area contributed by atoms with E-state index in [2.05, 4.69) is 36.1 Å². The first-order valence-corrected chi connectivity index (χ1v) is 8.43. The van der Waals surface area contributed by atoms with Crippen LogP contribution in [0.5, 0.6) is 5.75 Å². The summed E-state index contributed by atoms with van der Waals surface area (Å²) in [6.45, 7) is 5.48. The van der Waals surface area contributed by atoms with E-state index in [1.165, 1.54) is 5.56 Å². The third-order valence-electron chi connectivity index (χ3n) is 4.42. The topological polar surface area (TPSA) is 45.1 Å². The molecule has 0 spiro atoms. The van der Waals surface area contributed by atoms with Crippen LogP contribution in [-0.4, -0.2) is 48.6 Å². The Morgan fingerprint density at radius 2 is 1.71 bits per heavy atom. The van der Waals surface area contributed by atoms with Crippen molar-refractivity contribution in [3.8, 4) is 5.75 Å². The van der Waals surface area contributed by atoms with Crippen molar-refractivity contribution in [3.63, 3.8) is 0 Å². The van der Waals surface area contributed by atoms with Crippen LogP contribution in [0.1, 0.15) is 24.1 Å². The average molecular weight is 324 g/mol. The third kappa shape index (κ3) is 4.02. The van der Waals surface area contributed by atoms with E-state index in [0.29, 0.717) is 0 Å². The summed E-state index contributed by atoms with van der Waals surface area (Å²) < 4.78 is 5.50. The predicted molar refractivity (Wildman–Crippen MR) is 96.7 cm³/mol. The predicted octanol–water partition coefficient (Wildman–Crippen LogP) is 3.27. The molecule has 4 nitrogen and oxygen atoms in total. The van der Waals surface area contributed by atoms with Crippen molar-refractivity contribution < 1.29 is 9.84 Å². The molecule has 1 N–H and O–H groups in total. The van der Waals surface area contributed by atoms with Crippen molar-refractivity contribution in [1.29, 1.82) is 0 Å². The smallest absolute Gasteiger partial charge is 0.124 e. The number of aliphatic imine (C=N–C) groups is 1. The lowest BCUT2D eigenvalue weighted by Gasteiger charge is -2.37. The number of hydrogen-bond acceptors (Lipinski definition) is 4. The molecule has 3 rings (SSSR count). The summed E-state index contributed by atoms with van der Waals surface area (Å²) in [7, 11) is 0. The van der Waals surface area contributed by atoms with E-state index in [1.54, 1.807) is 12.3 Å². The second-order valence-corrected chi connectivity index (χ2v) is 6.08. The summed E-state index contributed by atoms with van der Waals surface area (Å²) in [5, 5.41) is 9.91.